The van der Waals surface area contributed by atoms with E-state index in [2.05, 4.69) is 10.6 Å². The number of rotatable bonds is 7. The molecule has 16 heavy (non-hydrogen) atoms. The Balaban J connectivity index is 2.24. The highest BCUT2D eigenvalue weighted by molar-refractivity contribution is 5.19. The van der Waals surface area contributed by atoms with E-state index in [0.29, 0.717) is 18.5 Å². The minimum atomic E-state index is -0.771. The maximum Gasteiger partial charge on any atom is 0.162 e. The topological polar surface area (TPSA) is 24.1 Å². The summed E-state index contributed by atoms with van der Waals surface area (Å²) >= 11 is 0. The van der Waals surface area contributed by atoms with Gasteiger partial charge in [-0.1, -0.05) is 12.1 Å². The summed E-state index contributed by atoms with van der Waals surface area (Å²) in [5.74, 6) is -1.49. The molecule has 1 rings (SSSR count). The first kappa shape index (κ1) is 13.1. The Morgan fingerprint density at radius 1 is 1.12 bits per heavy atom. The molecule has 0 spiro atoms. The molecule has 0 bridgehead atoms. The van der Waals surface area contributed by atoms with Crippen LogP contribution in [0.25, 0.3) is 0 Å². The number of hydrogen-bond acceptors (Lipinski definition) is 2. The highest BCUT2D eigenvalue weighted by Crippen LogP contribution is 2.11. The summed E-state index contributed by atoms with van der Waals surface area (Å²) < 4.78 is 26.1. The molecule has 0 heterocycles. The van der Waals surface area contributed by atoms with Crippen LogP contribution in [0, 0.1) is 11.6 Å². The Bertz CT molecular complexity index is 316. The molecule has 1 aromatic rings. The van der Waals surface area contributed by atoms with Crippen molar-refractivity contribution in [2.24, 2.45) is 0 Å². The highest BCUT2D eigenvalue weighted by Gasteiger charge is 2.06. The largest absolute Gasteiger partial charge is 0.320 e. The van der Waals surface area contributed by atoms with Crippen molar-refractivity contribution in [2.45, 2.75) is 12.8 Å². The van der Waals surface area contributed by atoms with Crippen LogP contribution in [0.15, 0.2) is 18.2 Å². The Morgan fingerprint density at radius 2 is 1.94 bits per heavy atom. The molecule has 0 aliphatic rings. The van der Waals surface area contributed by atoms with Crippen LogP contribution in [0.4, 0.5) is 8.78 Å². The van der Waals surface area contributed by atoms with Crippen LogP contribution in [-0.4, -0.2) is 26.7 Å². The zero-order chi connectivity index (χ0) is 11.8. The molecule has 0 aliphatic carbocycles. The van der Waals surface area contributed by atoms with Crippen LogP contribution in [0.5, 0.6) is 0 Å². The molecule has 2 N–H and O–H groups in total. The van der Waals surface area contributed by atoms with E-state index < -0.39 is 11.6 Å². The summed E-state index contributed by atoms with van der Waals surface area (Å²) in [5, 5.41) is 6.23. The Labute approximate surface area is 95.1 Å². The third-order valence-corrected chi connectivity index (χ3v) is 2.38. The molecule has 1 aromatic carbocycles. The molecule has 0 fully saturated rings. The van der Waals surface area contributed by atoms with Gasteiger partial charge in [0, 0.05) is 0 Å². The van der Waals surface area contributed by atoms with Gasteiger partial charge in [-0.15, -0.1) is 0 Å². The Morgan fingerprint density at radius 3 is 2.69 bits per heavy atom. The van der Waals surface area contributed by atoms with Crippen LogP contribution < -0.4 is 10.6 Å². The first-order chi connectivity index (χ1) is 7.75. The average molecular weight is 228 g/mol. The van der Waals surface area contributed by atoms with Gasteiger partial charge < -0.3 is 10.6 Å². The molecule has 0 amide bonds. The van der Waals surface area contributed by atoms with Gasteiger partial charge in [0.25, 0.3) is 0 Å². The molecule has 2 nitrogen and oxygen atoms in total. The van der Waals surface area contributed by atoms with Crippen molar-refractivity contribution >= 4 is 0 Å². The Hall–Kier alpha value is -1.00. The smallest absolute Gasteiger partial charge is 0.162 e. The lowest BCUT2D eigenvalue weighted by molar-refractivity contribution is 0.496. The van der Waals surface area contributed by atoms with Crippen molar-refractivity contribution in [3.05, 3.63) is 35.4 Å². The summed E-state index contributed by atoms with van der Waals surface area (Å²) in [6.45, 7) is 2.52. The molecule has 4 heteroatoms. The van der Waals surface area contributed by atoms with Crippen molar-refractivity contribution in [2.75, 3.05) is 26.7 Å². The number of halogens is 2. The Kier molecular flexibility index (Phi) is 5.96. The van der Waals surface area contributed by atoms with E-state index in [9.17, 15) is 8.78 Å². The summed E-state index contributed by atoms with van der Waals surface area (Å²) in [4.78, 5) is 0. The minimum absolute atomic E-state index is 0.432. The second kappa shape index (κ2) is 7.30. The van der Waals surface area contributed by atoms with Crippen molar-refractivity contribution < 1.29 is 8.78 Å². The molecule has 0 saturated carbocycles. The van der Waals surface area contributed by atoms with Crippen molar-refractivity contribution in [1.82, 2.24) is 10.6 Å². The van der Waals surface area contributed by atoms with Crippen molar-refractivity contribution in [3.63, 3.8) is 0 Å². The van der Waals surface area contributed by atoms with Gasteiger partial charge in [0.05, 0.1) is 0 Å². The van der Waals surface area contributed by atoms with Gasteiger partial charge >= 0.3 is 0 Å². The zero-order valence-corrected chi connectivity index (χ0v) is 9.52. The molecule has 0 aliphatic heterocycles. The van der Waals surface area contributed by atoms with Gasteiger partial charge in [-0.05, 0) is 51.2 Å². The number of hydrogen-bond donors (Lipinski definition) is 2. The van der Waals surface area contributed by atoms with Crippen molar-refractivity contribution in [1.29, 1.82) is 0 Å². The van der Waals surface area contributed by atoms with Crippen LogP contribution in [0.2, 0.25) is 0 Å². The highest BCUT2D eigenvalue weighted by atomic mass is 19.2. The van der Waals surface area contributed by atoms with Crippen LogP contribution in [-0.2, 0) is 6.42 Å². The molecule has 90 valence electrons. The molecule has 0 saturated heterocycles. The van der Waals surface area contributed by atoms with Gasteiger partial charge in [-0.3, -0.25) is 0 Å². The lowest BCUT2D eigenvalue weighted by Gasteiger charge is -2.06. The minimum Gasteiger partial charge on any atom is -0.320 e. The second-order valence-electron chi connectivity index (χ2n) is 3.67. The van der Waals surface area contributed by atoms with E-state index in [-0.39, 0.29) is 0 Å². The maximum atomic E-state index is 13.2. The van der Waals surface area contributed by atoms with Gasteiger partial charge in [0.2, 0.25) is 0 Å². The summed E-state index contributed by atoms with van der Waals surface area (Å²) in [5.41, 5.74) is 0.432. The summed E-state index contributed by atoms with van der Waals surface area (Å²) in [6.07, 6.45) is 1.55. The molecule has 0 aromatic heterocycles. The second-order valence-corrected chi connectivity index (χ2v) is 3.67. The first-order valence-corrected chi connectivity index (χ1v) is 5.54. The monoisotopic (exact) mass is 228 g/mol. The predicted octanol–water partition coefficient (Wildman–Crippen LogP) is 1.71. The lowest BCUT2D eigenvalue weighted by Crippen LogP contribution is -2.22. The molecular formula is C12H18F2N2. The van der Waals surface area contributed by atoms with E-state index in [1.54, 1.807) is 6.07 Å². The zero-order valence-electron chi connectivity index (χ0n) is 9.52. The fourth-order valence-corrected chi connectivity index (χ4v) is 1.48. The summed E-state index contributed by atoms with van der Waals surface area (Å²) in [7, 11) is 1.90. The third kappa shape index (κ3) is 4.24. The fourth-order valence-electron chi connectivity index (χ4n) is 1.48. The summed E-state index contributed by atoms with van der Waals surface area (Å²) in [6, 6.07) is 4.29. The van der Waals surface area contributed by atoms with Crippen LogP contribution in [0.3, 0.4) is 0 Å². The van der Waals surface area contributed by atoms with Gasteiger partial charge in [-0.25, -0.2) is 8.78 Å². The number of benzene rings is 1. The van der Waals surface area contributed by atoms with E-state index in [4.69, 9.17) is 0 Å². The standard InChI is InChI=1S/C12H18F2N2/c1-15-7-3-8-16-9-6-10-4-2-5-11(13)12(10)14/h2,4-5,15-16H,3,6-9H2,1H3. The van der Waals surface area contributed by atoms with E-state index in [1.165, 1.54) is 6.07 Å². The lowest BCUT2D eigenvalue weighted by atomic mass is 10.1. The average Bonchev–Trinajstić information content (AvgIpc) is 2.29. The van der Waals surface area contributed by atoms with Gasteiger partial charge in [0.1, 0.15) is 0 Å². The third-order valence-electron chi connectivity index (χ3n) is 2.38. The van der Waals surface area contributed by atoms with Crippen LogP contribution >= 0.6 is 0 Å². The predicted molar refractivity (Wildman–Crippen MR) is 61.5 cm³/mol. The van der Waals surface area contributed by atoms with Crippen molar-refractivity contribution in [3.8, 4) is 0 Å². The van der Waals surface area contributed by atoms with E-state index in [1.807, 2.05) is 7.05 Å². The number of nitrogens with one attached hydrogen (secondary N) is 2. The maximum absolute atomic E-state index is 13.2. The SMILES string of the molecule is CNCCCNCCc1cccc(F)c1F. The fraction of sp³-hybridized carbons (Fsp3) is 0.500. The van der Waals surface area contributed by atoms with Gasteiger partial charge in [0.15, 0.2) is 11.6 Å². The van der Waals surface area contributed by atoms with E-state index >= 15 is 0 Å². The van der Waals surface area contributed by atoms with E-state index in [0.717, 1.165) is 25.6 Å². The molecule has 0 atom stereocenters. The van der Waals surface area contributed by atoms with Gasteiger partial charge in [-0.2, -0.15) is 0 Å². The molecular weight excluding hydrogens is 210 g/mol. The van der Waals surface area contributed by atoms with Crippen LogP contribution in [0.1, 0.15) is 12.0 Å². The quantitative estimate of drug-likeness (QED) is 0.694. The molecule has 0 unspecified atom stereocenters. The normalized spacial score (nSPS) is 10.7. The first-order valence-electron chi connectivity index (χ1n) is 5.54. The molecule has 0 radical (unpaired) electrons.